The van der Waals surface area contributed by atoms with E-state index in [0.29, 0.717) is 0 Å². The summed E-state index contributed by atoms with van der Waals surface area (Å²) in [4.78, 5) is 2.48. The molecule has 62 heavy (non-hydrogen) atoms. The molecule has 0 fully saturated rings. The fourth-order valence-corrected chi connectivity index (χ4v) is 12.2. The van der Waals surface area contributed by atoms with E-state index in [9.17, 15) is 0 Å². The van der Waals surface area contributed by atoms with E-state index in [1.807, 2.05) is 0 Å². The molecule has 1 nitrogen and oxygen atoms in total. The minimum Gasteiger partial charge on any atom is -0.310 e. The Bertz CT molecular complexity index is 3300. The minimum atomic E-state index is -0.370. The normalized spacial score (nSPS) is 15.5. The smallest absolute Gasteiger partial charge is 0.0725 e. The molecule has 9 aromatic carbocycles. The van der Waals surface area contributed by atoms with E-state index in [0.717, 1.165) is 11.4 Å². The first-order valence-electron chi connectivity index (χ1n) is 22.1. The van der Waals surface area contributed by atoms with Crippen LogP contribution in [-0.2, 0) is 16.2 Å². The molecule has 0 heterocycles. The van der Waals surface area contributed by atoms with Gasteiger partial charge in [-0.25, -0.2) is 0 Å². The third-order valence-electron chi connectivity index (χ3n) is 15.1. The third-order valence-corrected chi connectivity index (χ3v) is 15.1. The average molecular weight is 792 g/mol. The zero-order chi connectivity index (χ0) is 41.5. The van der Waals surface area contributed by atoms with E-state index in [-0.39, 0.29) is 16.2 Å². The maximum atomic E-state index is 2.50. The van der Waals surface area contributed by atoms with Crippen molar-refractivity contribution < 1.29 is 0 Å². The first kappa shape index (κ1) is 35.5. The molecule has 4 aliphatic carbocycles. The number of hydrogen-bond acceptors (Lipinski definition) is 1. The third kappa shape index (κ3) is 4.48. The maximum Gasteiger partial charge on any atom is 0.0725 e. The topological polar surface area (TPSA) is 3.24 Å². The van der Waals surface area contributed by atoms with Crippen LogP contribution in [0.2, 0.25) is 0 Å². The van der Waals surface area contributed by atoms with Crippen molar-refractivity contribution in [3.63, 3.8) is 0 Å². The Hall–Kier alpha value is -7.22. The Kier molecular flexibility index (Phi) is 7.12. The van der Waals surface area contributed by atoms with Crippen molar-refractivity contribution in [3.05, 3.63) is 245 Å². The van der Waals surface area contributed by atoms with Crippen LogP contribution >= 0.6 is 0 Å². The van der Waals surface area contributed by atoms with Gasteiger partial charge in [0.2, 0.25) is 0 Å². The molecule has 0 unspecified atom stereocenters. The Balaban J connectivity index is 1.01. The summed E-state index contributed by atoms with van der Waals surface area (Å²) in [5.41, 5.74) is 27.1. The largest absolute Gasteiger partial charge is 0.310 e. The molecule has 1 spiro atoms. The molecule has 0 bridgehead atoms. The lowest BCUT2D eigenvalue weighted by Gasteiger charge is -2.31. The van der Waals surface area contributed by atoms with Crippen LogP contribution in [0.4, 0.5) is 17.1 Å². The van der Waals surface area contributed by atoms with Crippen LogP contribution < -0.4 is 4.90 Å². The Morgan fingerprint density at radius 2 is 0.661 bits per heavy atom. The molecule has 294 valence electrons. The van der Waals surface area contributed by atoms with E-state index in [2.05, 4.69) is 233 Å². The van der Waals surface area contributed by atoms with Gasteiger partial charge in [0, 0.05) is 27.9 Å². The van der Waals surface area contributed by atoms with E-state index in [4.69, 9.17) is 0 Å². The first-order valence-corrected chi connectivity index (χ1v) is 22.1. The number of hydrogen-bond donors (Lipinski definition) is 0. The number of anilines is 3. The monoisotopic (exact) mass is 791 g/mol. The van der Waals surface area contributed by atoms with Crippen LogP contribution in [0.3, 0.4) is 0 Å². The zero-order valence-electron chi connectivity index (χ0n) is 35.5. The molecule has 0 aliphatic heterocycles. The van der Waals surface area contributed by atoms with Gasteiger partial charge >= 0.3 is 0 Å². The van der Waals surface area contributed by atoms with Crippen molar-refractivity contribution in [2.24, 2.45) is 0 Å². The summed E-state index contributed by atoms with van der Waals surface area (Å²) in [6.07, 6.45) is 0. The van der Waals surface area contributed by atoms with Crippen molar-refractivity contribution in [2.75, 3.05) is 4.90 Å². The van der Waals surface area contributed by atoms with Crippen molar-refractivity contribution in [2.45, 2.75) is 43.9 Å². The van der Waals surface area contributed by atoms with Crippen LogP contribution in [0.5, 0.6) is 0 Å². The van der Waals surface area contributed by atoms with E-state index < -0.39 is 0 Å². The number of nitrogens with zero attached hydrogens (tertiary/aromatic N) is 1. The summed E-state index contributed by atoms with van der Waals surface area (Å²) in [5.74, 6) is 0. The number of fused-ring (bicyclic) bond motifs is 17. The highest BCUT2D eigenvalue weighted by molar-refractivity contribution is 6.03. The molecule has 0 saturated carbocycles. The van der Waals surface area contributed by atoms with Crippen LogP contribution in [0, 0.1) is 0 Å². The number of rotatable bonds is 4. The summed E-state index contributed by atoms with van der Waals surface area (Å²) in [7, 11) is 0. The average Bonchev–Trinajstić information content (AvgIpc) is 3.95. The van der Waals surface area contributed by atoms with E-state index in [1.165, 1.54) is 106 Å². The second-order valence-electron chi connectivity index (χ2n) is 18.8. The highest BCUT2D eigenvalue weighted by Crippen LogP contribution is 2.66. The van der Waals surface area contributed by atoms with Crippen LogP contribution in [0.1, 0.15) is 72.2 Å². The molecule has 13 rings (SSSR count). The quantitative estimate of drug-likeness (QED) is 0.172. The SMILES string of the molecule is CC1(C)c2ccccc2-c2ccc(N(c3ccc(-c4ccccc4)cc3)c3ccc4c(c3)C(C)(C)c3ccc5c(c3-4)-c3ccccc3C53c4ccccc4-c4ccccc43)cc21. The molecule has 1 heteroatoms. The van der Waals surface area contributed by atoms with Crippen LogP contribution in [-0.4, -0.2) is 0 Å². The van der Waals surface area contributed by atoms with Crippen molar-refractivity contribution in [1.82, 2.24) is 0 Å². The molecular formula is C61H45N. The molecule has 0 amide bonds. The minimum absolute atomic E-state index is 0.110. The highest BCUT2D eigenvalue weighted by Gasteiger charge is 2.53. The van der Waals surface area contributed by atoms with Gasteiger partial charge in [-0.1, -0.05) is 191 Å². The highest BCUT2D eigenvalue weighted by atomic mass is 15.1. The Morgan fingerprint density at radius 1 is 0.274 bits per heavy atom. The Morgan fingerprint density at radius 3 is 1.29 bits per heavy atom. The molecule has 0 saturated heterocycles. The van der Waals surface area contributed by atoms with Gasteiger partial charge in [-0.2, -0.15) is 0 Å². The summed E-state index contributed by atoms with van der Waals surface area (Å²) in [6, 6.07) is 75.6. The molecule has 0 N–H and O–H groups in total. The van der Waals surface area contributed by atoms with Gasteiger partial charge in [0.15, 0.2) is 0 Å². The van der Waals surface area contributed by atoms with Gasteiger partial charge in [-0.3, -0.25) is 0 Å². The molecule has 0 aromatic heterocycles. The van der Waals surface area contributed by atoms with Gasteiger partial charge in [-0.05, 0) is 137 Å². The first-order chi connectivity index (χ1) is 30.3. The predicted octanol–water partition coefficient (Wildman–Crippen LogP) is 15.8. The molecular weight excluding hydrogens is 747 g/mol. The van der Waals surface area contributed by atoms with Crippen molar-refractivity contribution in [3.8, 4) is 55.6 Å². The maximum absolute atomic E-state index is 2.50. The lowest BCUT2D eigenvalue weighted by molar-refractivity contribution is 0.659. The van der Waals surface area contributed by atoms with Gasteiger partial charge in [0.05, 0.1) is 5.41 Å². The van der Waals surface area contributed by atoms with Gasteiger partial charge in [0.25, 0.3) is 0 Å². The van der Waals surface area contributed by atoms with Crippen LogP contribution in [0.25, 0.3) is 55.6 Å². The molecule has 4 aliphatic rings. The van der Waals surface area contributed by atoms with Crippen molar-refractivity contribution >= 4 is 17.1 Å². The van der Waals surface area contributed by atoms with E-state index in [1.54, 1.807) is 0 Å². The standard InChI is InChI=1S/C61H45N/c1-59(2)49-22-12-8-18-43(49)46-32-30-41(36-55(46)59)62(40-28-26-39(27-29-40)38-16-6-5-7-17-38)42-31-33-48-56(37-42)60(3,4)53-34-35-54-58(57(48)53)47-21-11-15-25-52(47)61(54)50-23-13-9-19-44(50)45-20-10-14-24-51(45)61/h5-37H,1-4H3. The van der Waals surface area contributed by atoms with E-state index >= 15 is 0 Å². The summed E-state index contributed by atoms with van der Waals surface area (Å²) in [6.45, 7) is 9.61. The summed E-state index contributed by atoms with van der Waals surface area (Å²) >= 11 is 0. The number of benzene rings is 9. The second-order valence-corrected chi connectivity index (χ2v) is 18.8. The fourth-order valence-electron chi connectivity index (χ4n) is 12.2. The zero-order valence-corrected chi connectivity index (χ0v) is 35.5. The Labute approximate surface area is 364 Å². The summed E-state index contributed by atoms with van der Waals surface area (Å²) in [5, 5.41) is 0. The van der Waals surface area contributed by atoms with Crippen molar-refractivity contribution in [1.29, 1.82) is 0 Å². The van der Waals surface area contributed by atoms with Gasteiger partial charge in [-0.15, -0.1) is 0 Å². The predicted molar refractivity (Wildman–Crippen MR) is 258 cm³/mol. The molecule has 0 atom stereocenters. The summed E-state index contributed by atoms with van der Waals surface area (Å²) < 4.78 is 0. The molecule has 9 aromatic rings. The van der Waals surface area contributed by atoms with Gasteiger partial charge < -0.3 is 4.90 Å². The second kappa shape index (κ2) is 12.4. The van der Waals surface area contributed by atoms with Gasteiger partial charge in [0.1, 0.15) is 0 Å². The molecule has 0 radical (unpaired) electrons. The lowest BCUT2D eigenvalue weighted by atomic mass is 9.70. The lowest BCUT2D eigenvalue weighted by Crippen LogP contribution is -2.26. The fraction of sp³-hybridized carbons (Fsp3) is 0.115. The van der Waals surface area contributed by atoms with Crippen LogP contribution in [0.15, 0.2) is 200 Å².